The topological polar surface area (TPSA) is 91.5 Å². The van der Waals surface area contributed by atoms with E-state index >= 15 is 0 Å². The van der Waals surface area contributed by atoms with E-state index in [-0.39, 0.29) is 16.3 Å². The van der Waals surface area contributed by atoms with Crippen molar-refractivity contribution >= 4 is 22.8 Å². The van der Waals surface area contributed by atoms with Gasteiger partial charge in [-0.05, 0) is 0 Å². The van der Waals surface area contributed by atoms with Crippen LogP contribution in [0.15, 0.2) is 15.8 Å². The van der Waals surface area contributed by atoms with Gasteiger partial charge < -0.3 is 0 Å². The Bertz CT molecular complexity index is 573. The minimum absolute atomic E-state index is 0.0593. The number of hydrogen-bond donors (Lipinski definition) is 2. The van der Waals surface area contributed by atoms with E-state index in [2.05, 4.69) is 15.0 Å². The van der Waals surface area contributed by atoms with Crippen molar-refractivity contribution in [2.24, 2.45) is 0 Å². The molecule has 0 radical (unpaired) electrons. The molecule has 2 N–H and O–H groups in total. The number of aromatic amines is 2. The van der Waals surface area contributed by atoms with Crippen molar-refractivity contribution in [1.29, 1.82) is 0 Å². The van der Waals surface area contributed by atoms with E-state index in [4.69, 9.17) is 11.6 Å². The summed E-state index contributed by atoms with van der Waals surface area (Å²) in [6, 6.07) is 0. The number of nitrogens with zero attached hydrogens (tertiary/aromatic N) is 2. The molecule has 2 aromatic rings. The standard InChI is InChI=1S/C6H3ClN4O2/c7-2-1-8-3-4(9-2)10-6(13)11-5(3)12/h1H,(H2,9,10,11,12,13). The molecule has 0 aliphatic rings. The molecule has 0 aliphatic carbocycles. The maximum Gasteiger partial charge on any atom is 0.327 e. The fourth-order valence-corrected chi connectivity index (χ4v) is 1.06. The summed E-state index contributed by atoms with van der Waals surface area (Å²) < 4.78 is 0. The van der Waals surface area contributed by atoms with Crippen LogP contribution >= 0.6 is 11.6 Å². The van der Waals surface area contributed by atoms with Crippen molar-refractivity contribution in [3.8, 4) is 0 Å². The third-order valence-electron chi connectivity index (χ3n) is 1.42. The average Bonchev–Trinajstić information content (AvgIpc) is 2.02. The maximum absolute atomic E-state index is 11.1. The molecule has 0 unspecified atom stereocenters. The Labute approximate surface area is 75.6 Å². The van der Waals surface area contributed by atoms with Crippen molar-refractivity contribution < 1.29 is 0 Å². The Morgan fingerprint density at radius 1 is 1.31 bits per heavy atom. The van der Waals surface area contributed by atoms with Crippen LogP contribution in [0.25, 0.3) is 11.2 Å². The Hall–Kier alpha value is -1.69. The quantitative estimate of drug-likeness (QED) is 0.606. The number of fused-ring (bicyclic) bond motifs is 1. The van der Waals surface area contributed by atoms with E-state index in [1.807, 2.05) is 4.98 Å². The molecule has 2 aromatic heterocycles. The lowest BCUT2D eigenvalue weighted by Gasteiger charge is -1.93. The summed E-state index contributed by atoms with van der Waals surface area (Å²) >= 11 is 5.52. The van der Waals surface area contributed by atoms with Crippen LogP contribution in [0.4, 0.5) is 0 Å². The van der Waals surface area contributed by atoms with E-state index in [1.54, 1.807) is 0 Å². The average molecular weight is 199 g/mol. The largest absolute Gasteiger partial charge is 0.327 e. The molecule has 7 heteroatoms. The van der Waals surface area contributed by atoms with Crippen LogP contribution in [-0.4, -0.2) is 19.9 Å². The lowest BCUT2D eigenvalue weighted by Crippen LogP contribution is -2.23. The third kappa shape index (κ3) is 1.31. The highest BCUT2D eigenvalue weighted by Gasteiger charge is 2.02. The molecule has 0 aliphatic heterocycles. The summed E-state index contributed by atoms with van der Waals surface area (Å²) in [7, 11) is 0. The number of H-pyrrole nitrogens is 2. The van der Waals surface area contributed by atoms with Crippen molar-refractivity contribution in [1.82, 2.24) is 19.9 Å². The molecule has 0 amide bonds. The van der Waals surface area contributed by atoms with Gasteiger partial charge in [-0.3, -0.25) is 14.8 Å². The summed E-state index contributed by atoms with van der Waals surface area (Å²) in [6.45, 7) is 0. The smallest absolute Gasteiger partial charge is 0.290 e. The van der Waals surface area contributed by atoms with Gasteiger partial charge in [-0.15, -0.1) is 0 Å². The number of aromatic nitrogens is 4. The highest BCUT2D eigenvalue weighted by atomic mass is 35.5. The maximum atomic E-state index is 11.1. The van der Waals surface area contributed by atoms with E-state index < -0.39 is 11.2 Å². The summed E-state index contributed by atoms with van der Waals surface area (Å²) in [5.74, 6) is 0. The first-order valence-electron chi connectivity index (χ1n) is 3.31. The number of hydrogen-bond acceptors (Lipinski definition) is 4. The number of rotatable bonds is 0. The number of nitrogens with one attached hydrogen (secondary N) is 2. The lowest BCUT2D eigenvalue weighted by molar-refractivity contribution is 1.04. The molecular formula is C6H3ClN4O2. The zero-order valence-electron chi connectivity index (χ0n) is 6.17. The van der Waals surface area contributed by atoms with Crippen molar-refractivity contribution in [2.45, 2.75) is 0 Å². The zero-order chi connectivity index (χ0) is 9.42. The fraction of sp³-hybridized carbons (Fsp3) is 0. The summed E-state index contributed by atoms with van der Waals surface area (Å²) in [4.78, 5) is 33.6. The van der Waals surface area contributed by atoms with E-state index in [9.17, 15) is 9.59 Å². The molecule has 0 saturated carbocycles. The molecule has 2 heterocycles. The van der Waals surface area contributed by atoms with Gasteiger partial charge in [-0.2, -0.15) is 0 Å². The molecule has 0 bridgehead atoms. The van der Waals surface area contributed by atoms with Crippen LogP contribution in [-0.2, 0) is 0 Å². The van der Waals surface area contributed by atoms with E-state index in [0.717, 1.165) is 0 Å². The van der Waals surface area contributed by atoms with Crippen LogP contribution in [0.3, 0.4) is 0 Å². The molecule has 6 nitrogen and oxygen atoms in total. The lowest BCUT2D eigenvalue weighted by atomic mass is 10.5. The zero-order valence-corrected chi connectivity index (χ0v) is 6.92. The summed E-state index contributed by atoms with van der Waals surface area (Å²) in [5, 5.41) is 0.119. The normalized spacial score (nSPS) is 10.5. The molecular weight excluding hydrogens is 196 g/mol. The fourth-order valence-electron chi connectivity index (χ4n) is 0.922. The molecule has 0 aromatic carbocycles. The first-order chi connectivity index (χ1) is 6.16. The second-order valence-corrected chi connectivity index (χ2v) is 2.69. The summed E-state index contributed by atoms with van der Waals surface area (Å²) in [5.41, 5.74) is -1.07. The van der Waals surface area contributed by atoms with Crippen molar-refractivity contribution in [3.63, 3.8) is 0 Å². The predicted octanol–water partition coefficient (Wildman–Crippen LogP) is -0.340. The molecule has 0 spiro atoms. The molecule has 13 heavy (non-hydrogen) atoms. The molecule has 0 saturated heterocycles. The minimum atomic E-state index is -0.630. The Kier molecular flexibility index (Phi) is 1.63. The van der Waals surface area contributed by atoms with Crippen molar-refractivity contribution in [3.05, 3.63) is 32.2 Å². The molecule has 0 fully saturated rings. The van der Waals surface area contributed by atoms with E-state index in [1.165, 1.54) is 6.20 Å². The highest BCUT2D eigenvalue weighted by molar-refractivity contribution is 6.29. The van der Waals surface area contributed by atoms with Crippen LogP contribution in [0.1, 0.15) is 0 Å². The van der Waals surface area contributed by atoms with Gasteiger partial charge in [0.2, 0.25) is 0 Å². The highest BCUT2D eigenvalue weighted by Crippen LogP contribution is 2.03. The van der Waals surface area contributed by atoms with Gasteiger partial charge in [0.05, 0.1) is 6.20 Å². The second kappa shape index (κ2) is 2.67. The first-order valence-corrected chi connectivity index (χ1v) is 3.69. The van der Waals surface area contributed by atoms with Crippen LogP contribution in [0, 0.1) is 0 Å². The second-order valence-electron chi connectivity index (χ2n) is 2.30. The molecule has 0 atom stereocenters. The van der Waals surface area contributed by atoms with E-state index in [0.29, 0.717) is 0 Å². The van der Waals surface area contributed by atoms with Crippen molar-refractivity contribution in [2.75, 3.05) is 0 Å². The Morgan fingerprint density at radius 3 is 2.85 bits per heavy atom. The molecule has 66 valence electrons. The van der Waals surface area contributed by atoms with Gasteiger partial charge >= 0.3 is 5.69 Å². The Morgan fingerprint density at radius 2 is 2.08 bits per heavy atom. The van der Waals surface area contributed by atoms with Crippen LogP contribution in [0.5, 0.6) is 0 Å². The SMILES string of the molecule is O=c1[nH]c(=O)c2ncc(Cl)nc2[nH]1. The van der Waals surface area contributed by atoms with Gasteiger partial charge in [0.25, 0.3) is 5.56 Å². The van der Waals surface area contributed by atoms with Crippen LogP contribution < -0.4 is 11.2 Å². The van der Waals surface area contributed by atoms with Gasteiger partial charge in [0, 0.05) is 0 Å². The third-order valence-corrected chi connectivity index (χ3v) is 1.60. The first kappa shape index (κ1) is 7.93. The van der Waals surface area contributed by atoms with Gasteiger partial charge in [-0.1, -0.05) is 11.6 Å². The van der Waals surface area contributed by atoms with Gasteiger partial charge in [0.15, 0.2) is 11.2 Å². The Balaban J connectivity index is 3.03. The summed E-state index contributed by atoms with van der Waals surface area (Å²) in [6.07, 6.45) is 1.23. The van der Waals surface area contributed by atoms with Gasteiger partial charge in [0.1, 0.15) is 5.15 Å². The monoisotopic (exact) mass is 198 g/mol. The minimum Gasteiger partial charge on any atom is -0.290 e. The predicted molar refractivity (Wildman–Crippen MR) is 45.8 cm³/mol. The number of halogens is 1. The van der Waals surface area contributed by atoms with Gasteiger partial charge in [-0.25, -0.2) is 14.8 Å². The molecule has 2 rings (SSSR count). The van der Waals surface area contributed by atoms with Crippen LogP contribution in [0.2, 0.25) is 5.15 Å².